The van der Waals surface area contributed by atoms with E-state index in [1.54, 1.807) is 0 Å². The summed E-state index contributed by atoms with van der Waals surface area (Å²) in [7, 11) is 0. The average molecular weight is 1090 g/mol. The second kappa shape index (κ2) is 66.9. The number of allylic oxidation sites excluding steroid dienone is 8. The van der Waals surface area contributed by atoms with Crippen LogP contribution in [0.1, 0.15) is 374 Å². The van der Waals surface area contributed by atoms with Crippen LogP contribution >= 0.6 is 0 Å². The Morgan fingerprint density at radius 1 is 0.256 bits per heavy atom. The lowest BCUT2D eigenvalue weighted by molar-refractivity contribution is -0.167. The van der Waals surface area contributed by atoms with E-state index in [1.807, 2.05) is 0 Å². The van der Waals surface area contributed by atoms with Gasteiger partial charge in [0.25, 0.3) is 0 Å². The Kier molecular flexibility index (Phi) is 64.6. The molecule has 0 bridgehead atoms. The summed E-state index contributed by atoms with van der Waals surface area (Å²) in [5, 5.41) is 0. The van der Waals surface area contributed by atoms with Gasteiger partial charge in [0.15, 0.2) is 6.10 Å². The van der Waals surface area contributed by atoms with Gasteiger partial charge in [-0.15, -0.1) is 0 Å². The van der Waals surface area contributed by atoms with E-state index in [0.29, 0.717) is 19.3 Å². The lowest BCUT2D eigenvalue weighted by Gasteiger charge is -2.18. The van der Waals surface area contributed by atoms with Crippen LogP contribution in [0.15, 0.2) is 48.6 Å². The van der Waals surface area contributed by atoms with E-state index < -0.39 is 6.10 Å². The summed E-state index contributed by atoms with van der Waals surface area (Å²) >= 11 is 0. The summed E-state index contributed by atoms with van der Waals surface area (Å²) in [6, 6.07) is 0. The highest BCUT2D eigenvalue weighted by molar-refractivity contribution is 5.71. The molecule has 0 radical (unpaired) electrons. The monoisotopic (exact) mass is 1090 g/mol. The number of hydrogen-bond acceptors (Lipinski definition) is 6. The minimum absolute atomic E-state index is 0.0762. The smallest absolute Gasteiger partial charge is 0.306 e. The number of unbranched alkanes of at least 4 members (excludes halogenated alkanes) is 45. The topological polar surface area (TPSA) is 78.9 Å². The van der Waals surface area contributed by atoms with E-state index >= 15 is 0 Å². The van der Waals surface area contributed by atoms with Crippen molar-refractivity contribution in [1.29, 1.82) is 0 Å². The van der Waals surface area contributed by atoms with Crippen molar-refractivity contribution < 1.29 is 28.6 Å². The SMILES string of the molecule is CCCCCC/C=C\C/C=C\CCCCCCCC(=O)OCC(COC(=O)CCCCCCCCCCCCCCCCC/C=C\CCCCCCCCCC)OC(=O)CCCCCCCCC/C=C\CCCCCCCC. The molecule has 0 aromatic carbocycles. The molecule has 0 aromatic rings. The molecule has 0 aliphatic rings. The van der Waals surface area contributed by atoms with Gasteiger partial charge in [-0.1, -0.05) is 301 Å². The number of carbonyl (C=O) groups excluding carboxylic acids is 3. The molecule has 0 aromatic heterocycles. The molecule has 0 spiro atoms. The highest BCUT2D eigenvalue weighted by Gasteiger charge is 2.19. The first-order valence-corrected chi connectivity index (χ1v) is 34.6. The predicted molar refractivity (Wildman–Crippen MR) is 339 cm³/mol. The van der Waals surface area contributed by atoms with Gasteiger partial charge >= 0.3 is 17.9 Å². The van der Waals surface area contributed by atoms with Gasteiger partial charge in [0.2, 0.25) is 0 Å². The molecule has 456 valence electrons. The van der Waals surface area contributed by atoms with E-state index in [1.165, 1.54) is 257 Å². The minimum Gasteiger partial charge on any atom is -0.462 e. The maximum absolute atomic E-state index is 12.9. The van der Waals surface area contributed by atoms with Crippen molar-refractivity contribution in [2.24, 2.45) is 0 Å². The lowest BCUT2D eigenvalue weighted by Crippen LogP contribution is -2.30. The third-order valence-electron chi connectivity index (χ3n) is 15.5. The zero-order valence-corrected chi connectivity index (χ0v) is 52.5. The van der Waals surface area contributed by atoms with Crippen LogP contribution < -0.4 is 0 Å². The second-order valence-corrected chi connectivity index (χ2v) is 23.4. The van der Waals surface area contributed by atoms with Crippen molar-refractivity contribution in [3.8, 4) is 0 Å². The van der Waals surface area contributed by atoms with Crippen LogP contribution in [-0.4, -0.2) is 37.2 Å². The highest BCUT2D eigenvalue weighted by atomic mass is 16.6. The molecule has 0 heterocycles. The summed E-state index contributed by atoms with van der Waals surface area (Å²) < 4.78 is 17.0. The zero-order valence-electron chi connectivity index (χ0n) is 52.5. The molecule has 0 amide bonds. The normalized spacial score (nSPS) is 12.3. The van der Waals surface area contributed by atoms with Crippen molar-refractivity contribution >= 4 is 17.9 Å². The molecule has 1 atom stereocenters. The Bertz CT molecular complexity index is 1350. The maximum atomic E-state index is 12.9. The summed E-state index contributed by atoms with van der Waals surface area (Å²) in [5.41, 5.74) is 0. The first-order chi connectivity index (χ1) is 38.5. The van der Waals surface area contributed by atoms with Crippen molar-refractivity contribution in [2.45, 2.75) is 380 Å². The molecule has 0 aliphatic carbocycles. The molecule has 6 nitrogen and oxygen atoms in total. The quantitative estimate of drug-likeness (QED) is 0.0261. The molecule has 78 heavy (non-hydrogen) atoms. The van der Waals surface area contributed by atoms with Gasteiger partial charge in [0.05, 0.1) is 0 Å². The molecule has 0 aliphatic heterocycles. The first-order valence-electron chi connectivity index (χ1n) is 34.6. The number of esters is 3. The zero-order chi connectivity index (χ0) is 56.4. The van der Waals surface area contributed by atoms with Crippen molar-refractivity contribution in [1.82, 2.24) is 0 Å². The van der Waals surface area contributed by atoms with Crippen molar-refractivity contribution in [3.63, 3.8) is 0 Å². The molecule has 0 N–H and O–H groups in total. The van der Waals surface area contributed by atoms with Crippen LogP contribution in [0.4, 0.5) is 0 Å². The summed E-state index contributed by atoms with van der Waals surface area (Å²) in [6.45, 7) is 6.66. The molecule has 0 saturated carbocycles. The second-order valence-electron chi connectivity index (χ2n) is 23.4. The molecule has 6 heteroatoms. The van der Waals surface area contributed by atoms with E-state index in [4.69, 9.17) is 14.2 Å². The summed E-state index contributed by atoms with van der Waals surface area (Å²) in [6.07, 6.45) is 84.2. The largest absolute Gasteiger partial charge is 0.462 e. The van der Waals surface area contributed by atoms with Crippen LogP contribution in [0.2, 0.25) is 0 Å². The lowest BCUT2D eigenvalue weighted by atomic mass is 10.0. The van der Waals surface area contributed by atoms with Gasteiger partial charge in [-0.25, -0.2) is 0 Å². The van der Waals surface area contributed by atoms with E-state index in [0.717, 1.165) is 77.0 Å². The summed E-state index contributed by atoms with van der Waals surface area (Å²) in [5.74, 6) is -0.872. The predicted octanol–water partition coefficient (Wildman–Crippen LogP) is 23.7. The fraction of sp³-hybridized carbons (Fsp3) is 0.847. The summed E-state index contributed by atoms with van der Waals surface area (Å²) in [4.78, 5) is 38.4. The average Bonchev–Trinajstić information content (AvgIpc) is 3.44. The third kappa shape index (κ3) is 64.2. The molecule has 0 saturated heterocycles. The van der Waals surface area contributed by atoms with Crippen LogP contribution in [0.25, 0.3) is 0 Å². The van der Waals surface area contributed by atoms with Gasteiger partial charge in [0.1, 0.15) is 13.2 Å². The number of hydrogen-bond donors (Lipinski definition) is 0. The fourth-order valence-corrected chi connectivity index (χ4v) is 10.3. The Morgan fingerprint density at radius 2 is 0.462 bits per heavy atom. The van der Waals surface area contributed by atoms with Gasteiger partial charge < -0.3 is 14.2 Å². The standard InChI is InChI=1S/C72H132O6/c1-4-7-10-13-16-19-22-25-28-31-32-33-34-35-36-37-38-39-40-42-44-47-50-53-56-59-62-65-71(74)77-68-69(67-76-70(73)64-61-58-55-52-49-46-43-30-27-24-21-18-15-12-9-6-3)78-72(75)66-63-60-57-54-51-48-45-41-29-26-23-20-17-14-11-8-5-2/h21,24,26,29-32,43,69H,4-20,22-23,25,27-28,33-42,44-68H2,1-3H3/b24-21-,29-26-,32-31-,43-30-. The Balaban J connectivity index is 4.26. The Morgan fingerprint density at radius 3 is 0.731 bits per heavy atom. The molecule has 1 unspecified atom stereocenters. The number of ether oxygens (including phenoxy) is 3. The van der Waals surface area contributed by atoms with Crippen molar-refractivity contribution in [3.05, 3.63) is 48.6 Å². The first kappa shape index (κ1) is 75.4. The fourth-order valence-electron chi connectivity index (χ4n) is 10.3. The third-order valence-corrected chi connectivity index (χ3v) is 15.5. The Hall–Kier alpha value is -2.63. The number of rotatable bonds is 64. The van der Waals surface area contributed by atoms with Crippen LogP contribution in [0.3, 0.4) is 0 Å². The minimum atomic E-state index is -0.781. The molecule has 0 fully saturated rings. The number of carbonyl (C=O) groups is 3. The van der Waals surface area contributed by atoms with Crippen LogP contribution in [0.5, 0.6) is 0 Å². The molecule has 0 rings (SSSR count). The van der Waals surface area contributed by atoms with Gasteiger partial charge in [0, 0.05) is 19.3 Å². The van der Waals surface area contributed by atoms with E-state index in [9.17, 15) is 14.4 Å². The molecular formula is C72H132O6. The van der Waals surface area contributed by atoms with Gasteiger partial charge in [-0.05, 0) is 103 Å². The van der Waals surface area contributed by atoms with E-state index in [-0.39, 0.29) is 31.1 Å². The van der Waals surface area contributed by atoms with E-state index in [2.05, 4.69) is 69.4 Å². The van der Waals surface area contributed by atoms with Crippen LogP contribution in [-0.2, 0) is 28.6 Å². The Labute approximate surface area is 486 Å². The van der Waals surface area contributed by atoms with Gasteiger partial charge in [-0.3, -0.25) is 14.4 Å². The van der Waals surface area contributed by atoms with Crippen molar-refractivity contribution in [2.75, 3.05) is 13.2 Å². The molecular weight excluding hydrogens is 961 g/mol. The maximum Gasteiger partial charge on any atom is 0.306 e. The highest BCUT2D eigenvalue weighted by Crippen LogP contribution is 2.17. The van der Waals surface area contributed by atoms with Gasteiger partial charge in [-0.2, -0.15) is 0 Å². The van der Waals surface area contributed by atoms with Crippen LogP contribution in [0, 0.1) is 0 Å².